The Balaban J connectivity index is 2.25. The van der Waals surface area contributed by atoms with E-state index in [0.29, 0.717) is 5.41 Å². The Kier molecular flexibility index (Phi) is 6.17. The highest BCUT2D eigenvalue weighted by atomic mass is 79.9. The number of alkyl halides is 1. The lowest BCUT2D eigenvalue weighted by Crippen LogP contribution is -2.44. The molecule has 1 fully saturated rings. The quantitative estimate of drug-likeness (QED) is 0.500. The molecule has 0 unspecified atom stereocenters. The Morgan fingerprint density at radius 3 is 2.47 bits per heavy atom. The molecule has 0 amide bonds. The van der Waals surface area contributed by atoms with E-state index in [4.69, 9.17) is 4.74 Å². The maximum absolute atomic E-state index is 5.41. The Morgan fingerprint density at radius 2 is 2.07 bits per heavy atom. The number of likely N-dealkylation sites (N-methyl/N-ethyl adjacent to an activating group) is 1. The molecular weight excluding hydrogens is 254 g/mol. The normalized spacial score (nSPS) is 19.2. The van der Waals surface area contributed by atoms with Gasteiger partial charge in [-0.05, 0) is 31.7 Å². The van der Waals surface area contributed by atoms with Gasteiger partial charge in [-0.15, -0.1) is 0 Å². The van der Waals surface area contributed by atoms with Crippen molar-refractivity contribution < 1.29 is 4.74 Å². The van der Waals surface area contributed by atoms with Crippen molar-refractivity contribution in [1.82, 2.24) is 4.90 Å². The molecule has 2 nitrogen and oxygen atoms in total. The van der Waals surface area contributed by atoms with Crippen LogP contribution in [0.2, 0.25) is 0 Å². The van der Waals surface area contributed by atoms with Gasteiger partial charge < -0.3 is 9.64 Å². The van der Waals surface area contributed by atoms with E-state index in [1.54, 1.807) is 0 Å². The van der Waals surface area contributed by atoms with Gasteiger partial charge in [0.25, 0.3) is 0 Å². The Bertz CT molecular complexity index is 165. The summed E-state index contributed by atoms with van der Waals surface area (Å²) in [4.78, 5) is 2.52. The molecule has 0 atom stereocenters. The number of ether oxygens (including phenoxy) is 1. The van der Waals surface area contributed by atoms with Gasteiger partial charge in [0.1, 0.15) is 0 Å². The highest BCUT2D eigenvalue weighted by molar-refractivity contribution is 9.09. The topological polar surface area (TPSA) is 12.5 Å². The van der Waals surface area contributed by atoms with Crippen molar-refractivity contribution in [3.8, 4) is 0 Å². The van der Waals surface area contributed by atoms with Crippen molar-refractivity contribution in [2.45, 2.75) is 33.1 Å². The smallest absolute Gasteiger partial charge is 0.0593 e. The summed E-state index contributed by atoms with van der Waals surface area (Å²) in [7, 11) is 0. The fraction of sp³-hybridized carbons (Fsp3) is 1.00. The maximum atomic E-state index is 5.41. The lowest BCUT2D eigenvalue weighted by Gasteiger charge is -2.44. The van der Waals surface area contributed by atoms with Gasteiger partial charge in [-0.1, -0.05) is 29.3 Å². The first kappa shape index (κ1) is 13.5. The van der Waals surface area contributed by atoms with Crippen LogP contribution in [0.1, 0.15) is 33.1 Å². The van der Waals surface area contributed by atoms with Crippen molar-refractivity contribution in [3.63, 3.8) is 0 Å². The molecule has 0 aromatic heterocycles. The summed E-state index contributed by atoms with van der Waals surface area (Å²) in [6.45, 7) is 9.47. The average Bonchev–Trinajstić information content (AvgIpc) is 2.21. The van der Waals surface area contributed by atoms with Crippen LogP contribution in [0.4, 0.5) is 0 Å². The molecule has 0 bridgehead atoms. The minimum atomic E-state index is 0.572. The van der Waals surface area contributed by atoms with Crippen LogP contribution in [0, 0.1) is 5.41 Å². The van der Waals surface area contributed by atoms with E-state index in [1.165, 1.54) is 25.8 Å². The first-order chi connectivity index (χ1) is 7.26. The zero-order chi connectivity index (χ0) is 11.1. The van der Waals surface area contributed by atoms with E-state index >= 15 is 0 Å². The summed E-state index contributed by atoms with van der Waals surface area (Å²) in [5.74, 6) is 0. The third kappa shape index (κ3) is 4.04. The highest BCUT2D eigenvalue weighted by Crippen LogP contribution is 2.42. The predicted molar refractivity (Wildman–Crippen MR) is 68.7 cm³/mol. The van der Waals surface area contributed by atoms with Crippen LogP contribution in [0.5, 0.6) is 0 Å². The van der Waals surface area contributed by atoms with Gasteiger partial charge in [0.05, 0.1) is 6.61 Å². The maximum Gasteiger partial charge on any atom is 0.0593 e. The average molecular weight is 278 g/mol. The zero-order valence-electron chi connectivity index (χ0n) is 10.1. The summed E-state index contributed by atoms with van der Waals surface area (Å²) in [5.41, 5.74) is 0.572. The molecule has 3 heteroatoms. The molecule has 0 spiro atoms. The molecule has 15 heavy (non-hydrogen) atoms. The standard InChI is InChI=1S/C12H24BrNO/c1-3-14(8-9-15-4-2)11-12(10-13)6-5-7-12/h3-11H2,1-2H3. The molecule has 0 saturated heterocycles. The minimum Gasteiger partial charge on any atom is -0.380 e. The Hall–Kier alpha value is 0.400. The second-order valence-corrected chi connectivity index (χ2v) is 5.11. The fourth-order valence-corrected chi connectivity index (χ4v) is 2.91. The van der Waals surface area contributed by atoms with Gasteiger partial charge in [-0.3, -0.25) is 0 Å². The molecule has 0 aromatic rings. The summed E-state index contributed by atoms with van der Waals surface area (Å²) in [6.07, 6.45) is 4.20. The molecule has 0 aromatic carbocycles. The van der Waals surface area contributed by atoms with Gasteiger partial charge in [0.2, 0.25) is 0 Å². The van der Waals surface area contributed by atoms with Crippen molar-refractivity contribution in [2.24, 2.45) is 5.41 Å². The third-order valence-electron chi connectivity index (χ3n) is 3.46. The van der Waals surface area contributed by atoms with E-state index in [1.807, 2.05) is 0 Å². The van der Waals surface area contributed by atoms with Gasteiger partial charge in [-0.25, -0.2) is 0 Å². The van der Waals surface area contributed by atoms with Crippen molar-refractivity contribution in [3.05, 3.63) is 0 Å². The summed E-state index contributed by atoms with van der Waals surface area (Å²) in [6, 6.07) is 0. The molecule has 90 valence electrons. The second-order valence-electron chi connectivity index (χ2n) is 4.55. The number of nitrogens with zero attached hydrogens (tertiary/aromatic N) is 1. The molecule has 0 radical (unpaired) electrons. The molecule has 0 N–H and O–H groups in total. The lowest BCUT2D eigenvalue weighted by atomic mass is 9.70. The van der Waals surface area contributed by atoms with E-state index in [0.717, 1.165) is 31.6 Å². The fourth-order valence-electron chi connectivity index (χ4n) is 2.17. The van der Waals surface area contributed by atoms with Crippen LogP contribution in [0.3, 0.4) is 0 Å². The number of hydrogen-bond acceptors (Lipinski definition) is 2. The minimum absolute atomic E-state index is 0.572. The zero-order valence-corrected chi connectivity index (χ0v) is 11.7. The molecule has 0 aliphatic heterocycles. The van der Waals surface area contributed by atoms with E-state index in [2.05, 4.69) is 34.7 Å². The van der Waals surface area contributed by atoms with Crippen molar-refractivity contribution >= 4 is 15.9 Å². The summed E-state index contributed by atoms with van der Waals surface area (Å²) in [5, 5.41) is 1.16. The monoisotopic (exact) mass is 277 g/mol. The van der Waals surface area contributed by atoms with E-state index in [-0.39, 0.29) is 0 Å². The van der Waals surface area contributed by atoms with Crippen LogP contribution >= 0.6 is 15.9 Å². The first-order valence-corrected chi connectivity index (χ1v) is 7.24. The van der Waals surface area contributed by atoms with Crippen LogP contribution < -0.4 is 0 Å². The molecule has 1 saturated carbocycles. The SMILES string of the molecule is CCOCCN(CC)CC1(CBr)CCC1. The molecular formula is C12H24BrNO. The summed E-state index contributed by atoms with van der Waals surface area (Å²) < 4.78 is 5.41. The van der Waals surface area contributed by atoms with Crippen molar-refractivity contribution in [2.75, 3.05) is 38.2 Å². The second kappa shape index (κ2) is 6.87. The van der Waals surface area contributed by atoms with Crippen LogP contribution in [-0.4, -0.2) is 43.1 Å². The molecule has 1 aliphatic rings. The van der Waals surface area contributed by atoms with Crippen LogP contribution in [-0.2, 0) is 4.74 Å². The van der Waals surface area contributed by atoms with E-state index in [9.17, 15) is 0 Å². The van der Waals surface area contributed by atoms with Gasteiger partial charge >= 0.3 is 0 Å². The van der Waals surface area contributed by atoms with E-state index < -0.39 is 0 Å². The molecule has 1 rings (SSSR count). The first-order valence-electron chi connectivity index (χ1n) is 6.12. The van der Waals surface area contributed by atoms with Crippen LogP contribution in [0.25, 0.3) is 0 Å². The predicted octanol–water partition coefficient (Wildman–Crippen LogP) is 2.91. The van der Waals surface area contributed by atoms with Gasteiger partial charge in [-0.2, -0.15) is 0 Å². The summed E-state index contributed by atoms with van der Waals surface area (Å²) >= 11 is 3.67. The van der Waals surface area contributed by atoms with Crippen molar-refractivity contribution in [1.29, 1.82) is 0 Å². The van der Waals surface area contributed by atoms with Gasteiger partial charge in [0.15, 0.2) is 0 Å². The number of halogens is 1. The third-order valence-corrected chi connectivity index (χ3v) is 4.65. The van der Waals surface area contributed by atoms with Gasteiger partial charge in [0, 0.05) is 25.0 Å². The number of rotatable bonds is 8. The molecule has 1 aliphatic carbocycles. The number of hydrogen-bond donors (Lipinski definition) is 0. The van der Waals surface area contributed by atoms with Crippen LogP contribution in [0.15, 0.2) is 0 Å². The highest BCUT2D eigenvalue weighted by Gasteiger charge is 2.36. The lowest BCUT2D eigenvalue weighted by molar-refractivity contribution is 0.0639. The Labute approximate surface area is 102 Å². The largest absolute Gasteiger partial charge is 0.380 e. The molecule has 0 heterocycles. The Morgan fingerprint density at radius 1 is 1.33 bits per heavy atom.